The molecule has 1 aromatic rings. The van der Waals surface area contributed by atoms with Crippen molar-refractivity contribution in [2.45, 2.75) is 6.92 Å². The van der Waals surface area contributed by atoms with Crippen molar-refractivity contribution in [1.29, 1.82) is 0 Å². The molecule has 21 heavy (non-hydrogen) atoms. The van der Waals surface area contributed by atoms with E-state index in [-0.39, 0.29) is 11.7 Å². The number of piperazine rings is 1. The van der Waals surface area contributed by atoms with Crippen molar-refractivity contribution in [2.24, 2.45) is 7.05 Å². The Balaban J connectivity index is 2.11. The van der Waals surface area contributed by atoms with Crippen LogP contribution in [0.2, 0.25) is 0 Å². The number of sulfonamides is 1. The number of hydrogen-bond donors (Lipinski definition) is 0. The van der Waals surface area contributed by atoms with Crippen LogP contribution in [0.15, 0.2) is 12.3 Å². The lowest BCUT2D eigenvalue weighted by Gasteiger charge is -2.33. The minimum absolute atomic E-state index is 0.0912. The summed E-state index contributed by atoms with van der Waals surface area (Å²) in [6.45, 7) is 2.76. The molecule has 0 bridgehead atoms. The minimum Gasteiger partial charge on any atom is -0.346 e. The van der Waals surface area contributed by atoms with Crippen LogP contribution >= 0.6 is 0 Å². The molecule has 0 spiro atoms. The van der Waals surface area contributed by atoms with Gasteiger partial charge in [-0.05, 0) is 13.0 Å². The van der Waals surface area contributed by atoms with E-state index in [9.17, 15) is 18.0 Å². The van der Waals surface area contributed by atoms with E-state index in [0.29, 0.717) is 37.4 Å². The molecule has 1 amide bonds. The Kier molecular flexibility index (Phi) is 4.20. The number of Topliss-reactive ketones (excluding diaryl/α,β-unsaturated/α-hetero) is 1. The number of hydrogen-bond acceptors (Lipinski definition) is 4. The zero-order chi connectivity index (χ0) is 15.8. The number of aryl methyl sites for hydroxylation is 1. The highest BCUT2D eigenvalue weighted by atomic mass is 32.2. The molecular weight excluding hydrogens is 294 g/mol. The molecule has 0 aromatic carbocycles. The van der Waals surface area contributed by atoms with Crippen LogP contribution in [-0.4, -0.2) is 66.3 Å². The van der Waals surface area contributed by atoms with Crippen molar-refractivity contribution in [2.75, 3.05) is 32.4 Å². The molecule has 1 aliphatic heterocycles. The summed E-state index contributed by atoms with van der Waals surface area (Å²) in [6.07, 6.45) is 2.79. The lowest BCUT2D eigenvalue weighted by Crippen LogP contribution is -2.50. The van der Waals surface area contributed by atoms with E-state index in [4.69, 9.17) is 0 Å². The van der Waals surface area contributed by atoms with Crippen molar-refractivity contribution >= 4 is 21.7 Å². The quantitative estimate of drug-likeness (QED) is 0.733. The summed E-state index contributed by atoms with van der Waals surface area (Å²) in [5, 5.41) is 0. The fraction of sp³-hybridized carbons (Fsp3) is 0.538. The average Bonchev–Trinajstić information content (AvgIpc) is 2.79. The summed E-state index contributed by atoms with van der Waals surface area (Å²) in [5.74, 6) is -0.273. The first kappa shape index (κ1) is 15.7. The minimum atomic E-state index is -3.21. The van der Waals surface area contributed by atoms with Crippen LogP contribution in [0.4, 0.5) is 0 Å². The zero-order valence-electron chi connectivity index (χ0n) is 12.4. The van der Waals surface area contributed by atoms with Gasteiger partial charge < -0.3 is 9.47 Å². The summed E-state index contributed by atoms with van der Waals surface area (Å²) >= 11 is 0. The molecule has 0 aliphatic carbocycles. The summed E-state index contributed by atoms with van der Waals surface area (Å²) < 4.78 is 25.9. The number of aromatic nitrogens is 1. The van der Waals surface area contributed by atoms with E-state index in [1.54, 1.807) is 28.8 Å². The molecule has 1 aromatic heterocycles. The molecule has 0 N–H and O–H groups in total. The predicted molar refractivity (Wildman–Crippen MR) is 77.7 cm³/mol. The molecule has 0 saturated carbocycles. The van der Waals surface area contributed by atoms with E-state index in [1.165, 1.54) is 17.5 Å². The third-order valence-corrected chi connectivity index (χ3v) is 4.93. The van der Waals surface area contributed by atoms with Gasteiger partial charge >= 0.3 is 0 Å². The monoisotopic (exact) mass is 313 g/mol. The van der Waals surface area contributed by atoms with Gasteiger partial charge in [0, 0.05) is 45.0 Å². The number of ketones is 1. The normalized spacial score (nSPS) is 17.0. The second-order valence-electron chi connectivity index (χ2n) is 5.24. The van der Waals surface area contributed by atoms with Gasteiger partial charge in [0.2, 0.25) is 10.0 Å². The van der Waals surface area contributed by atoms with E-state index in [0.717, 1.165) is 0 Å². The average molecular weight is 313 g/mol. The van der Waals surface area contributed by atoms with Crippen LogP contribution in [-0.2, 0) is 17.1 Å². The Labute approximate surface area is 124 Å². The van der Waals surface area contributed by atoms with Crippen LogP contribution in [0, 0.1) is 0 Å². The lowest BCUT2D eigenvalue weighted by atomic mass is 10.2. The molecule has 0 radical (unpaired) electrons. The number of amides is 1. The van der Waals surface area contributed by atoms with Crippen molar-refractivity contribution in [3.8, 4) is 0 Å². The van der Waals surface area contributed by atoms with E-state index >= 15 is 0 Å². The van der Waals surface area contributed by atoms with Crippen LogP contribution in [0.1, 0.15) is 27.8 Å². The van der Waals surface area contributed by atoms with Gasteiger partial charge in [0.05, 0.1) is 6.26 Å². The Morgan fingerprint density at radius 1 is 1.14 bits per heavy atom. The summed E-state index contributed by atoms with van der Waals surface area (Å²) in [4.78, 5) is 25.4. The highest BCUT2D eigenvalue weighted by molar-refractivity contribution is 7.88. The molecular formula is C13H19N3O4S. The lowest BCUT2D eigenvalue weighted by molar-refractivity contribution is 0.0688. The number of rotatable bonds is 3. The summed E-state index contributed by atoms with van der Waals surface area (Å²) in [7, 11) is -1.49. The van der Waals surface area contributed by atoms with Gasteiger partial charge in [0.1, 0.15) is 5.69 Å². The zero-order valence-corrected chi connectivity index (χ0v) is 13.2. The fourth-order valence-corrected chi connectivity index (χ4v) is 3.18. The van der Waals surface area contributed by atoms with E-state index in [2.05, 4.69) is 0 Å². The number of carbonyl (C=O) groups excluding carboxylic acids is 2. The molecule has 2 heterocycles. The highest BCUT2D eigenvalue weighted by Gasteiger charge is 2.27. The fourth-order valence-electron chi connectivity index (χ4n) is 2.35. The maximum Gasteiger partial charge on any atom is 0.270 e. The van der Waals surface area contributed by atoms with Gasteiger partial charge in [-0.3, -0.25) is 9.59 Å². The first-order chi connectivity index (χ1) is 9.70. The molecule has 1 fully saturated rings. The van der Waals surface area contributed by atoms with E-state index < -0.39 is 10.0 Å². The van der Waals surface area contributed by atoms with Crippen molar-refractivity contribution in [1.82, 2.24) is 13.8 Å². The molecule has 7 nitrogen and oxygen atoms in total. The molecule has 0 atom stereocenters. The first-order valence-corrected chi connectivity index (χ1v) is 8.46. The van der Waals surface area contributed by atoms with Crippen molar-refractivity contribution in [3.63, 3.8) is 0 Å². The van der Waals surface area contributed by atoms with Gasteiger partial charge in [0.15, 0.2) is 5.78 Å². The molecule has 8 heteroatoms. The van der Waals surface area contributed by atoms with E-state index in [1.807, 2.05) is 0 Å². The largest absolute Gasteiger partial charge is 0.346 e. The molecule has 1 aliphatic rings. The Hall–Kier alpha value is -1.67. The SMILES string of the molecule is CC(=O)c1cc(C(=O)N2CCN(S(C)(=O)=O)CC2)n(C)c1. The summed E-state index contributed by atoms with van der Waals surface area (Å²) in [6, 6.07) is 1.58. The smallest absolute Gasteiger partial charge is 0.270 e. The maximum atomic E-state index is 12.4. The molecule has 1 saturated heterocycles. The number of nitrogens with zero attached hydrogens (tertiary/aromatic N) is 3. The molecule has 116 valence electrons. The molecule has 2 rings (SSSR count). The Morgan fingerprint density at radius 3 is 2.14 bits per heavy atom. The van der Waals surface area contributed by atoms with Gasteiger partial charge in [-0.25, -0.2) is 8.42 Å². The Bertz CT molecular complexity index is 670. The highest BCUT2D eigenvalue weighted by Crippen LogP contribution is 2.13. The first-order valence-electron chi connectivity index (χ1n) is 6.62. The van der Waals surface area contributed by atoms with Crippen LogP contribution in [0.3, 0.4) is 0 Å². The van der Waals surface area contributed by atoms with Crippen molar-refractivity contribution in [3.05, 3.63) is 23.5 Å². The third kappa shape index (κ3) is 3.33. The van der Waals surface area contributed by atoms with Gasteiger partial charge in [-0.2, -0.15) is 4.31 Å². The topological polar surface area (TPSA) is 79.7 Å². The van der Waals surface area contributed by atoms with Gasteiger partial charge in [-0.1, -0.05) is 0 Å². The van der Waals surface area contributed by atoms with Crippen LogP contribution in [0.25, 0.3) is 0 Å². The van der Waals surface area contributed by atoms with Gasteiger partial charge in [0.25, 0.3) is 5.91 Å². The number of carbonyl (C=O) groups is 2. The standard InChI is InChI=1S/C13H19N3O4S/c1-10(17)11-8-12(14(2)9-11)13(18)15-4-6-16(7-5-15)21(3,19)20/h8-9H,4-7H2,1-3H3. The summed E-state index contributed by atoms with van der Waals surface area (Å²) in [5.41, 5.74) is 0.934. The second kappa shape index (κ2) is 5.61. The van der Waals surface area contributed by atoms with Crippen LogP contribution in [0.5, 0.6) is 0 Å². The maximum absolute atomic E-state index is 12.4. The molecule has 0 unspecified atom stereocenters. The van der Waals surface area contributed by atoms with Gasteiger partial charge in [-0.15, -0.1) is 0 Å². The van der Waals surface area contributed by atoms with Crippen LogP contribution < -0.4 is 0 Å². The Morgan fingerprint density at radius 2 is 1.71 bits per heavy atom. The second-order valence-corrected chi connectivity index (χ2v) is 7.22. The predicted octanol–water partition coefficient (Wildman–Crippen LogP) is -0.0549. The van der Waals surface area contributed by atoms with Crippen molar-refractivity contribution < 1.29 is 18.0 Å². The third-order valence-electron chi connectivity index (χ3n) is 3.63.